The molecule has 0 radical (unpaired) electrons. The minimum Gasteiger partial charge on any atom is -0.461 e. The number of nitrogens with zero attached hydrogens (tertiary/aromatic N) is 1. The molecule has 2 aromatic carbocycles. The third-order valence-electron chi connectivity index (χ3n) is 6.89. The highest BCUT2D eigenvalue weighted by Crippen LogP contribution is 2.43. The number of benzene rings is 2. The van der Waals surface area contributed by atoms with Gasteiger partial charge in [-0.25, -0.2) is 0 Å². The highest BCUT2D eigenvalue weighted by Gasteiger charge is 2.52. The van der Waals surface area contributed by atoms with E-state index in [9.17, 15) is 9.90 Å². The van der Waals surface area contributed by atoms with Crippen molar-refractivity contribution in [1.29, 1.82) is 0 Å². The van der Waals surface area contributed by atoms with E-state index in [2.05, 4.69) is 37.4 Å². The van der Waals surface area contributed by atoms with Crippen LogP contribution in [0.4, 0.5) is 0 Å². The van der Waals surface area contributed by atoms with Gasteiger partial charge in [0.15, 0.2) is 0 Å². The summed E-state index contributed by atoms with van der Waals surface area (Å²) < 4.78 is 6.97. The zero-order valence-corrected chi connectivity index (χ0v) is 16.5. The molecule has 2 bridgehead atoms. The molecule has 0 aromatic heterocycles. The molecule has 2 aliphatic heterocycles. The van der Waals surface area contributed by atoms with Crippen molar-refractivity contribution >= 4 is 5.97 Å². The van der Waals surface area contributed by atoms with Crippen LogP contribution in [-0.4, -0.2) is 47.4 Å². The quantitative estimate of drug-likeness (QED) is 0.615. The molecule has 2 aliphatic rings. The first-order valence-corrected chi connectivity index (χ1v) is 10.4. The van der Waals surface area contributed by atoms with Crippen LogP contribution in [0.2, 0.25) is 0 Å². The molecule has 4 rings (SSSR count). The first-order valence-electron chi connectivity index (χ1n) is 10.4. The molecule has 3 unspecified atom stereocenters. The number of carbonyl (C=O) groups excluding carboxylic acids is 1. The maximum atomic E-state index is 12.7. The second-order valence-corrected chi connectivity index (χ2v) is 8.55. The molecule has 4 heteroatoms. The van der Waals surface area contributed by atoms with E-state index in [0.29, 0.717) is 12.1 Å². The van der Waals surface area contributed by atoms with Crippen molar-refractivity contribution < 1.29 is 19.1 Å². The van der Waals surface area contributed by atoms with Gasteiger partial charge in [0.05, 0.1) is 25.7 Å². The second kappa shape index (κ2) is 8.06. The smallest absolute Gasteiger partial charge is 0.316 e. The Hall–Kier alpha value is -2.17. The molecule has 0 spiro atoms. The number of aliphatic hydroxyl groups excluding tert-OH is 1. The van der Waals surface area contributed by atoms with Crippen molar-refractivity contribution in [1.82, 2.24) is 0 Å². The summed E-state index contributed by atoms with van der Waals surface area (Å²) in [6.45, 7) is 0.824. The summed E-state index contributed by atoms with van der Waals surface area (Å²) in [5.74, 6) is -0.886. The van der Waals surface area contributed by atoms with Crippen molar-refractivity contribution in [2.75, 3.05) is 13.7 Å². The molecule has 0 amide bonds. The third-order valence-corrected chi connectivity index (χ3v) is 6.89. The molecule has 148 valence electrons. The van der Waals surface area contributed by atoms with E-state index in [1.165, 1.54) is 18.4 Å². The van der Waals surface area contributed by atoms with Crippen LogP contribution in [0.25, 0.3) is 0 Å². The Kier molecular flexibility index (Phi) is 5.51. The molecule has 2 saturated heterocycles. The fraction of sp³-hybridized carbons (Fsp3) is 0.458. The van der Waals surface area contributed by atoms with Gasteiger partial charge in [0.25, 0.3) is 0 Å². The summed E-state index contributed by atoms with van der Waals surface area (Å²) in [7, 11) is 2.37. The summed E-state index contributed by atoms with van der Waals surface area (Å²) in [6.07, 6.45) is 4.19. The molecule has 4 nitrogen and oxygen atoms in total. The standard InChI is InChI=1S/C24H30NO3/c1-25(16-18-8-4-2-5-9-18)20-12-13-21(25)15-22(14-20)28-24(27)23(17-26)19-10-6-3-7-11-19/h2-11,20-23,26H,12-17H2,1H3/q+1. The van der Waals surface area contributed by atoms with Gasteiger partial charge in [-0.15, -0.1) is 0 Å². The Morgan fingerprint density at radius 2 is 1.61 bits per heavy atom. The first-order chi connectivity index (χ1) is 13.6. The molecule has 2 aromatic rings. The van der Waals surface area contributed by atoms with Gasteiger partial charge in [-0.3, -0.25) is 4.79 Å². The van der Waals surface area contributed by atoms with Crippen molar-refractivity contribution in [3.05, 3.63) is 71.8 Å². The predicted octanol–water partition coefficient (Wildman–Crippen LogP) is 3.65. The summed E-state index contributed by atoms with van der Waals surface area (Å²) in [5.41, 5.74) is 2.19. The van der Waals surface area contributed by atoms with Gasteiger partial charge < -0.3 is 14.3 Å². The van der Waals surface area contributed by atoms with Crippen LogP contribution >= 0.6 is 0 Å². The fourth-order valence-electron chi connectivity index (χ4n) is 5.27. The van der Waals surface area contributed by atoms with Gasteiger partial charge in [0.1, 0.15) is 18.6 Å². The average Bonchev–Trinajstić information content (AvgIpc) is 2.87. The lowest BCUT2D eigenvalue weighted by Gasteiger charge is -2.47. The highest BCUT2D eigenvalue weighted by atomic mass is 16.5. The normalized spacial score (nSPS) is 30.0. The Balaban J connectivity index is 1.42. The summed E-state index contributed by atoms with van der Waals surface area (Å²) >= 11 is 0. The number of piperidine rings is 1. The number of carbonyl (C=O) groups is 1. The van der Waals surface area contributed by atoms with Gasteiger partial charge in [-0.05, 0) is 5.56 Å². The Morgan fingerprint density at radius 3 is 2.18 bits per heavy atom. The molecule has 1 N–H and O–H groups in total. The number of rotatable bonds is 6. The Bertz CT molecular complexity index is 778. The molecule has 0 aliphatic carbocycles. The minimum atomic E-state index is -0.592. The van der Waals surface area contributed by atoms with E-state index in [1.807, 2.05) is 30.3 Å². The zero-order valence-electron chi connectivity index (χ0n) is 16.5. The first kappa shape index (κ1) is 19.2. The van der Waals surface area contributed by atoms with E-state index in [4.69, 9.17) is 4.74 Å². The predicted molar refractivity (Wildman–Crippen MR) is 109 cm³/mol. The molecule has 3 atom stereocenters. The van der Waals surface area contributed by atoms with Gasteiger partial charge in [0.2, 0.25) is 0 Å². The zero-order chi connectivity index (χ0) is 19.6. The van der Waals surface area contributed by atoms with Crippen molar-refractivity contribution in [2.24, 2.45) is 0 Å². The van der Waals surface area contributed by atoms with Gasteiger partial charge in [-0.1, -0.05) is 60.7 Å². The van der Waals surface area contributed by atoms with Crippen LogP contribution in [-0.2, 0) is 16.1 Å². The molecule has 2 fully saturated rings. The van der Waals surface area contributed by atoms with Crippen LogP contribution in [0.15, 0.2) is 60.7 Å². The number of fused-ring (bicyclic) bond motifs is 2. The number of hydrogen-bond donors (Lipinski definition) is 1. The van der Waals surface area contributed by atoms with Crippen LogP contribution in [0, 0.1) is 0 Å². The minimum absolute atomic E-state index is 0.0373. The second-order valence-electron chi connectivity index (χ2n) is 8.55. The van der Waals surface area contributed by atoms with E-state index < -0.39 is 5.92 Å². The molecule has 28 heavy (non-hydrogen) atoms. The number of esters is 1. The van der Waals surface area contributed by atoms with E-state index >= 15 is 0 Å². The van der Waals surface area contributed by atoms with Crippen LogP contribution in [0.5, 0.6) is 0 Å². The van der Waals surface area contributed by atoms with Gasteiger partial charge in [-0.2, -0.15) is 0 Å². The summed E-state index contributed by atoms with van der Waals surface area (Å²) in [6, 6.07) is 21.2. The van der Waals surface area contributed by atoms with Gasteiger partial charge >= 0.3 is 5.97 Å². The third kappa shape index (κ3) is 3.71. The lowest BCUT2D eigenvalue weighted by molar-refractivity contribution is -0.961. The number of ether oxygens (including phenoxy) is 1. The average molecular weight is 381 g/mol. The molecule has 2 heterocycles. The molecular weight excluding hydrogens is 350 g/mol. The summed E-state index contributed by atoms with van der Waals surface area (Å²) in [5, 5.41) is 9.74. The largest absolute Gasteiger partial charge is 0.461 e. The lowest BCUT2D eigenvalue weighted by Crippen LogP contribution is -2.58. The Morgan fingerprint density at radius 1 is 1.04 bits per heavy atom. The van der Waals surface area contributed by atoms with Gasteiger partial charge in [0, 0.05) is 31.2 Å². The van der Waals surface area contributed by atoms with E-state index in [-0.39, 0.29) is 18.7 Å². The lowest BCUT2D eigenvalue weighted by atomic mass is 9.95. The van der Waals surface area contributed by atoms with Crippen molar-refractivity contribution in [3.8, 4) is 0 Å². The highest BCUT2D eigenvalue weighted by molar-refractivity contribution is 5.78. The number of aliphatic hydroxyl groups is 1. The monoisotopic (exact) mass is 380 g/mol. The van der Waals surface area contributed by atoms with Crippen LogP contribution in [0.3, 0.4) is 0 Å². The summed E-state index contributed by atoms with van der Waals surface area (Å²) in [4.78, 5) is 12.7. The van der Waals surface area contributed by atoms with Crippen LogP contribution < -0.4 is 0 Å². The molecular formula is C24H30NO3+. The molecule has 0 saturated carbocycles. The van der Waals surface area contributed by atoms with Crippen LogP contribution in [0.1, 0.15) is 42.7 Å². The number of quaternary nitrogens is 1. The van der Waals surface area contributed by atoms with E-state index in [0.717, 1.165) is 29.4 Å². The fourth-order valence-corrected chi connectivity index (χ4v) is 5.27. The van der Waals surface area contributed by atoms with Crippen molar-refractivity contribution in [3.63, 3.8) is 0 Å². The maximum Gasteiger partial charge on any atom is 0.316 e. The number of hydrogen-bond acceptors (Lipinski definition) is 3. The SMILES string of the molecule is C[N+]1(Cc2ccccc2)C2CCC1CC(OC(=O)C(CO)c1ccccc1)C2. The van der Waals surface area contributed by atoms with Crippen molar-refractivity contribution in [2.45, 2.75) is 56.3 Å². The topological polar surface area (TPSA) is 46.5 Å². The Labute approximate surface area is 167 Å². The maximum absolute atomic E-state index is 12.7. The van der Waals surface area contributed by atoms with E-state index in [1.54, 1.807) is 0 Å².